The Morgan fingerprint density at radius 1 is 1.07 bits per heavy atom. The largest absolute Gasteiger partial charge is 0.379 e. The highest BCUT2D eigenvalue weighted by Gasteiger charge is 2.25. The molecular weight excluding hydrogens is 368 g/mol. The van der Waals surface area contributed by atoms with Crippen LogP contribution in [-0.4, -0.2) is 92.5 Å². The monoisotopic (exact) mass is 402 g/mol. The molecular formula is C22H34N4O3. The van der Waals surface area contributed by atoms with E-state index < -0.39 is 0 Å². The fourth-order valence-electron chi connectivity index (χ4n) is 4.43. The number of ether oxygens (including phenoxy) is 2. The molecule has 1 aromatic rings. The predicted molar refractivity (Wildman–Crippen MR) is 113 cm³/mol. The fraction of sp³-hybridized carbons (Fsp3) is 0.682. The Bertz CT molecular complexity index is 649. The van der Waals surface area contributed by atoms with Crippen LogP contribution in [0.1, 0.15) is 31.4 Å². The van der Waals surface area contributed by atoms with Gasteiger partial charge in [0.1, 0.15) is 0 Å². The second kappa shape index (κ2) is 9.89. The summed E-state index contributed by atoms with van der Waals surface area (Å²) in [5.41, 5.74) is 2.13. The molecule has 0 bridgehead atoms. The molecule has 7 nitrogen and oxygen atoms in total. The lowest BCUT2D eigenvalue weighted by Crippen LogP contribution is -2.51. The van der Waals surface area contributed by atoms with Crippen LogP contribution in [0, 0.1) is 0 Å². The zero-order valence-corrected chi connectivity index (χ0v) is 17.5. The van der Waals surface area contributed by atoms with Gasteiger partial charge in [-0.05, 0) is 37.5 Å². The smallest absolute Gasteiger partial charge is 0.321 e. The number of hydrogen-bond acceptors (Lipinski definition) is 5. The van der Waals surface area contributed by atoms with Gasteiger partial charge in [-0.3, -0.25) is 9.80 Å². The average molecular weight is 403 g/mol. The van der Waals surface area contributed by atoms with Crippen LogP contribution in [0.5, 0.6) is 0 Å². The summed E-state index contributed by atoms with van der Waals surface area (Å²) in [6.45, 7) is 11.1. The lowest BCUT2D eigenvalue weighted by atomic mass is 10.1. The van der Waals surface area contributed by atoms with Crippen LogP contribution in [0.4, 0.5) is 10.5 Å². The van der Waals surface area contributed by atoms with E-state index in [1.807, 2.05) is 17.0 Å². The second-order valence-corrected chi connectivity index (χ2v) is 8.30. The minimum absolute atomic E-state index is 0.00394. The maximum absolute atomic E-state index is 12.6. The quantitative estimate of drug-likeness (QED) is 0.820. The van der Waals surface area contributed by atoms with Crippen molar-refractivity contribution in [2.24, 2.45) is 0 Å². The van der Waals surface area contributed by atoms with Crippen LogP contribution < -0.4 is 5.32 Å². The van der Waals surface area contributed by atoms with Gasteiger partial charge < -0.3 is 19.7 Å². The van der Waals surface area contributed by atoms with Crippen molar-refractivity contribution in [1.29, 1.82) is 0 Å². The van der Waals surface area contributed by atoms with E-state index in [1.165, 1.54) is 18.4 Å². The number of nitrogens with one attached hydrogen (secondary N) is 1. The fourth-order valence-corrected chi connectivity index (χ4v) is 4.43. The Balaban J connectivity index is 1.23. The normalized spacial score (nSPS) is 25.1. The Labute approximate surface area is 173 Å². The molecule has 0 saturated carbocycles. The van der Waals surface area contributed by atoms with Gasteiger partial charge in [0.2, 0.25) is 0 Å². The molecule has 0 radical (unpaired) electrons. The number of anilines is 1. The maximum Gasteiger partial charge on any atom is 0.321 e. The first-order valence-electron chi connectivity index (χ1n) is 11.0. The maximum atomic E-state index is 12.6. The number of carbonyl (C=O) groups excluding carboxylic acids is 1. The van der Waals surface area contributed by atoms with Crippen molar-refractivity contribution in [3.63, 3.8) is 0 Å². The minimum atomic E-state index is -0.00394. The van der Waals surface area contributed by atoms with Crippen molar-refractivity contribution in [2.75, 3.05) is 71.0 Å². The molecule has 3 fully saturated rings. The molecule has 0 spiro atoms. The van der Waals surface area contributed by atoms with Gasteiger partial charge in [0.15, 0.2) is 0 Å². The van der Waals surface area contributed by atoms with Crippen LogP contribution >= 0.6 is 0 Å². The van der Waals surface area contributed by atoms with Gasteiger partial charge in [-0.25, -0.2) is 4.79 Å². The van der Waals surface area contributed by atoms with Crippen molar-refractivity contribution in [2.45, 2.75) is 31.9 Å². The standard InChI is InChI=1S/C22H34N4O3/c1-18(25-12-15-28-16-13-25)19-4-6-20(7-5-19)23-22(27)26-10-8-24(9-11-26)17-21-3-2-14-29-21/h4-7,18,21H,2-3,8-17H2,1H3,(H,23,27). The van der Waals surface area contributed by atoms with Crippen LogP contribution in [0.15, 0.2) is 24.3 Å². The van der Waals surface area contributed by atoms with Crippen molar-refractivity contribution >= 4 is 11.7 Å². The minimum Gasteiger partial charge on any atom is -0.379 e. The molecule has 7 heteroatoms. The van der Waals surface area contributed by atoms with Crippen LogP contribution in [0.2, 0.25) is 0 Å². The number of urea groups is 1. The predicted octanol–water partition coefficient (Wildman–Crippen LogP) is 2.41. The van der Waals surface area contributed by atoms with E-state index in [0.29, 0.717) is 12.1 Å². The van der Waals surface area contributed by atoms with Crippen molar-refractivity contribution in [1.82, 2.24) is 14.7 Å². The average Bonchev–Trinajstić information content (AvgIpc) is 3.28. The molecule has 3 heterocycles. The van der Waals surface area contributed by atoms with E-state index in [9.17, 15) is 4.79 Å². The molecule has 0 aliphatic carbocycles. The molecule has 2 atom stereocenters. The molecule has 3 aliphatic heterocycles. The van der Waals surface area contributed by atoms with E-state index in [2.05, 4.69) is 34.2 Å². The summed E-state index contributed by atoms with van der Waals surface area (Å²) in [4.78, 5) is 19.4. The van der Waals surface area contributed by atoms with Gasteiger partial charge in [0.05, 0.1) is 19.3 Å². The number of rotatable bonds is 5. The summed E-state index contributed by atoms with van der Waals surface area (Å²) < 4.78 is 11.2. The Kier molecular flexibility index (Phi) is 7.02. The van der Waals surface area contributed by atoms with E-state index in [4.69, 9.17) is 9.47 Å². The Morgan fingerprint density at radius 2 is 1.79 bits per heavy atom. The first-order valence-corrected chi connectivity index (χ1v) is 11.0. The molecule has 29 heavy (non-hydrogen) atoms. The van der Waals surface area contributed by atoms with Crippen molar-refractivity contribution in [3.05, 3.63) is 29.8 Å². The number of amides is 2. The summed E-state index contributed by atoms with van der Waals surface area (Å²) in [5.74, 6) is 0. The van der Waals surface area contributed by atoms with Crippen LogP contribution in [0.3, 0.4) is 0 Å². The van der Waals surface area contributed by atoms with Crippen LogP contribution in [0.25, 0.3) is 0 Å². The zero-order chi connectivity index (χ0) is 20.1. The van der Waals surface area contributed by atoms with Crippen molar-refractivity contribution < 1.29 is 14.3 Å². The highest BCUT2D eigenvalue weighted by molar-refractivity contribution is 5.89. The number of nitrogens with zero attached hydrogens (tertiary/aromatic N) is 3. The van der Waals surface area contributed by atoms with E-state index in [0.717, 1.165) is 71.3 Å². The lowest BCUT2D eigenvalue weighted by Gasteiger charge is -2.35. The number of morpholine rings is 1. The third-order valence-electron chi connectivity index (χ3n) is 6.38. The number of hydrogen-bond donors (Lipinski definition) is 1. The zero-order valence-electron chi connectivity index (χ0n) is 17.5. The van der Waals surface area contributed by atoms with Gasteiger partial charge >= 0.3 is 6.03 Å². The molecule has 2 amide bonds. The molecule has 3 aliphatic rings. The van der Waals surface area contributed by atoms with Crippen LogP contribution in [-0.2, 0) is 9.47 Å². The van der Waals surface area contributed by atoms with E-state index >= 15 is 0 Å². The highest BCUT2D eigenvalue weighted by atomic mass is 16.5. The van der Waals surface area contributed by atoms with Gasteiger partial charge in [0, 0.05) is 64.1 Å². The second-order valence-electron chi connectivity index (χ2n) is 8.30. The molecule has 1 aromatic carbocycles. The Morgan fingerprint density at radius 3 is 2.45 bits per heavy atom. The number of piperazine rings is 1. The third kappa shape index (κ3) is 5.48. The van der Waals surface area contributed by atoms with E-state index in [1.54, 1.807) is 0 Å². The van der Waals surface area contributed by atoms with E-state index in [-0.39, 0.29) is 6.03 Å². The summed E-state index contributed by atoms with van der Waals surface area (Å²) in [7, 11) is 0. The third-order valence-corrected chi connectivity index (χ3v) is 6.38. The molecule has 0 aromatic heterocycles. The lowest BCUT2D eigenvalue weighted by molar-refractivity contribution is 0.0198. The first-order chi connectivity index (χ1) is 14.2. The van der Waals surface area contributed by atoms with Gasteiger partial charge in [-0.2, -0.15) is 0 Å². The number of carbonyl (C=O) groups is 1. The number of benzene rings is 1. The molecule has 4 rings (SSSR count). The van der Waals surface area contributed by atoms with Gasteiger partial charge in [0.25, 0.3) is 0 Å². The molecule has 2 unspecified atom stereocenters. The molecule has 160 valence electrons. The summed E-state index contributed by atoms with van der Waals surface area (Å²) in [6, 6.07) is 8.62. The highest BCUT2D eigenvalue weighted by Crippen LogP contribution is 2.23. The molecule has 1 N–H and O–H groups in total. The topological polar surface area (TPSA) is 57.3 Å². The first kappa shape index (κ1) is 20.6. The van der Waals surface area contributed by atoms with Gasteiger partial charge in [-0.15, -0.1) is 0 Å². The SMILES string of the molecule is CC(c1ccc(NC(=O)N2CCN(CC3CCCO3)CC2)cc1)N1CCOCC1. The van der Waals surface area contributed by atoms with Crippen molar-refractivity contribution in [3.8, 4) is 0 Å². The molecule has 3 saturated heterocycles. The van der Waals surface area contributed by atoms with Gasteiger partial charge in [-0.1, -0.05) is 12.1 Å². The summed E-state index contributed by atoms with van der Waals surface area (Å²) in [5, 5.41) is 3.06. The summed E-state index contributed by atoms with van der Waals surface area (Å²) in [6.07, 6.45) is 2.73. The Hall–Kier alpha value is -1.67. The summed E-state index contributed by atoms with van der Waals surface area (Å²) >= 11 is 0.